The molecule has 0 saturated heterocycles. The molecule has 0 fully saturated rings. The molecule has 1 N–H and O–H groups in total. The van der Waals surface area contributed by atoms with Crippen LogP contribution in [0.2, 0.25) is 0 Å². The molecule has 2 aromatic carbocycles. The summed E-state index contributed by atoms with van der Waals surface area (Å²) in [5.74, 6) is -0.326. The summed E-state index contributed by atoms with van der Waals surface area (Å²) in [6.45, 7) is 2.30. The zero-order chi connectivity index (χ0) is 13.8. The fourth-order valence-electron chi connectivity index (χ4n) is 1.91. The zero-order valence-electron chi connectivity index (χ0n) is 10.8. The van der Waals surface area contributed by atoms with Gasteiger partial charge in [0.2, 0.25) is 0 Å². The summed E-state index contributed by atoms with van der Waals surface area (Å²) < 4.78 is 31.2. The van der Waals surface area contributed by atoms with Crippen LogP contribution in [-0.4, -0.2) is 7.11 Å². The van der Waals surface area contributed by atoms with E-state index in [9.17, 15) is 8.78 Å². The second-order valence-electron chi connectivity index (χ2n) is 4.32. The Balaban J connectivity index is 2.08. The highest BCUT2D eigenvalue weighted by Crippen LogP contribution is 2.22. The number of anilines is 1. The lowest BCUT2D eigenvalue weighted by atomic mass is 10.1. The van der Waals surface area contributed by atoms with Gasteiger partial charge in [0.15, 0.2) is 0 Å². The van der Waals surface area contributed by atoms with Gasteiger partial charge in [-0.2, -0.15) is 0 Å². The van der Waals surface area contributed by atoms with Crippen LogP contribution in [0.25, 0.3) is 0 Å². The van der Waals surface area contributed by atoms with Gasteiger partial charge in [-0.15, -0.1) is 0 Å². The first-order chi connectivity index (χ1) is 9.08. The van der Waals surface area contributed by atoms with Crippen molar-refractivity contribution >= 4 is 5.69 Å². The topological polar surface area (TPSA) is 21.3 Å². The van der Waals surface area contributed by atoms with Gasteiger partial charge in [0.25, 0.3) is 0 Å². The van der Waals surface area contributed by atoms with E-state index >= 15 is 0 Å². The van der Waals surface area contributed by atoms with Crippen molar-refractivity contribution in [3.8, 4) is 5.75 Å². The smallest absolute Gasteiger partial charge is 0.126 e. The van der Waals surface area contributed by atoms with Crippen molar-refractivity contribution in [1.82, 2.24) is 0 Å². The minimum atomic E-state index is -0.567. The molecule has 0 saturated carbocycles. The summed E-state index contributed by atoms with van der Waals surface area (Å²) >= 11 is 0. The largest absolute Gasteiger partial charge is 0.496 e. The molecule has 0 aliphatic rings. The summed E-state index contributed by atoms with van der Waals surface area (Å²) in [5.41, 5.74) is 2.44. The Morgan fingerprint density at radius 3 is 2.32 bits per heavy atom. The van der Waals surface area contributed by atoms with Crippen LogP contribution in [-0.2, 0) is 6.54 Å². The maximum atomic E-state index is 13.0. The van der Waals surface area contributed by atoms with Gasteiger partial charge in [-0.3, -0.25) is 0 Å². The molecule has 100 valence electrons. The Morgan fingerprint density at radius 1 is 1.05 bits per heavy atom. The third-order valence-corrected chi connectivity index (χ3v) is 2.81. The number of nitrogens with one attached hydrogen (secondary N) is 1. The van der Waals surface area contributed by atoms with E-state index in [4.69, 9.17) is 4.74 Å². The monoisotopic (exact) mass is 263 g/mol. The van der Waals surface area contributed by atoms with Crippen LogP contribution in [0.3, 0.4) is 0 Å². The molecule has 4 heteroatoms. The Morgan fingerprint density at radius 2 is 1.74 bits per heavy atom. The molecule has 0 aliphatic carbocycles. The second kappa shape index (κ2) is 5.69. The zero-order valence-corrected chi connectivity index (χ0v) is 10.8. The molecule has 0 radical (unpaired) electrons. The van der Waals surface area contributed by atoms with Gasteiger partial charge >= 0.3 is 0 Å². The van der Waals surface area contributed by atoms with Gasteiger partial charge in [-0.05, 0) is 48.4 Å². The number of ether oxygens (including phenoxy) is 1. The number of methoxy groups -OCH3 is 1. The third-order valence-electron chi connectivity index (χ3n) is 2.81. The lowest BCUT2D eigenvalue weighted by Crippen LogP contribution is -2.01. The molecule has 0 amide bonds. The molecule has 0 bridgehead atoms. The summed E-state index contributed by atoms with van der Waals surface area (Å²) in [5, 5.41) is 3.12. The van der Waals surface area contributed by atoms with Crippen molar-refractivity contribution in [3.05, 3.63) is 59.2 Å². The lowest BCUT2D eigenvalue weighted by molar-refractivity contribution is 0.412. The SMILES string of the molecule is COc1ccc(NCc2cc(F)cc(F)c2)cc1C. The fraction of sp³-hybridized carbons (Fsp3) is 0.200. The van der Waals surface area contributed by atoms with E-state index in [1.807, 2.05) is 25.1 Å². The number of aryl methyl sites for hydroxylation is 1. The minimum absolute atomic E-state index is 0.362. The summed E-state index contributed by atoms with van der Waals surface area (Å²) in [6, 6.07) is 9.12. The van der Waals surface area contributed by atoms with E-state index in [0.717, 1.165) is 23.1 Å². The number of rotatable bonds is 4. The van der Waals surface area contributed by atoms with Crippen LogP contribution in [0.1, 0.15) is 11.1 Å². The van der Waals surface area contributed by atoms with Gasteiger partial charge in [0.1, 0.15) is 17.4 Å². The van der Waals surface area contributed by atoms with E-state index in [1.165, 1.54) is 12.1 Å². The molecule has 19 heavy (non-hydrogen) atoms. The van der Waals surface area contributed by atoms with Gasteiger partial charge < -0.3 is 10.1 Å². The Labute approximate surface area is 111 Å². The second-order valence-corrected chi connectivity index (χ2v) is 4.32. The van der Waals surface area contributed by atoms with Crippen LogP contribution in [0.15, 0.2) is 36.4 Å². The van der Waals surface area contributed by atoms with E-state index in [1.54, 1.807) is 7.11 Å². The number of hydrogen-bond donors (Lipinski definition) is 1. The molecule has 2 nitrogen and oxygen atoms in total. The highest BCUT2D eigenvalue weighted by atomic mass is 19.1. The van der Waals surface area contributed by atoms with Crippen LogP contribution in [0, 0.1) is 18.6 Å². The van der Waals surface area contributed by atoms with E-state index in [2.05, 4.69) is 5.32 Å². The van der Waals surface area contributed by atoms with Crippen LogP contribution < -0.4 is 10.1 Å². The number of benzene rings is 2. The van der Waals surface area contributed by atoms with Crippen molar-refractivity contribution in [2.75, 3.05) is 12.4 Å². The van der Waals surface area contributed by atoms with Gasteiger partial charge in [0, 0.05) is 18.3 Å². The molecule has 0 aliphatic heterocycles. The minimum Gasteiger partial charge on any atom is -0.496 e. The first-order valence-corrected chi connectivity index (χ1v) is 5.92. The maximum absolute atomic E-state index is 13.0. The van der Waals surface area contributed by atoms with Crippen molar-refractivity contribution < 1.29 is 13.5 Å². The van der Waals surface area contributed by atoms with Crippen LogP contribution >= 0.6 is 0 Å². The van der Waals surface area contributed by atoms with Crippen molar-refractivity contribution in [1.29, 1.82) is 0 Å². The Bertz CT molecular complexity index is 564. The quantitative estimate of drug-likeness (QED) is 0.903. The average Bonchev–Trinajstić information content (AvgIpc) is 2.35. The first-order valence-electron chi connectivity index (χ1n) is 5.92. The highest BCUT2D eigenvalue weighted by molar-refractivity contribution is 5.51. The summed E-state index contributed by atoms with van der Waals surface area (Å²) in [4.78, 5) is 0. The molecular weight excluding hydrogens is 248 g/mol. The Kier molecular flexibility index (Phi) is 4.00. The van der Waals surface area contributed by atoms with E-state index in [-0.39, 0.29) is 0 Å². The van der Waals surface area contributed by atoms with Crippen LogP contribution in [0.4, 0.5) is 14.5 Å². The standard InChI is InChI=1S/C15H15F2NO/c1-10-5-14(3-4-15(10)19-2)18-9-11-6-12(16)8-13(17)7-11/h3-8,18H,9H2,1-2H3. The van der Waals surface area contributed by atoms with Gasteiger partial charge in [0.05, 0.1) is 7.11 Å². The lowest BCUT2D eigenvalue weighted by Gasteiger charge is -2.10. The van der Waals surface area contributed by atoms with Gasteiger partial charge in [-0.1, -0.05) is 0 Å². The predicted octanol–water partition coefficient (Wildman–Crippen LogP) is 3.89. The van der Waals surface area contributed by atoms with E-state index in [0.29, 0.717) is 12.1 Å². The molecular formula is C15H15F2NO. The van der Waals surface area contributed by atoms with Gasteiger partial charge in [-0.25, -0.2) is 8.78 Å². The third kappa shape index (κ3) is 3.44. The molecule has 0 aromatic heterocycles. The maximum Gasteiger partial charge on any atom is 0.126 e. The molecule has 0 atom stereocenters. The number of halogens is 2. The van der Waals surface area contributed by atoms with Crippen molar-refractivity contribution in [2.45, 2.75) is 13.5 Å². The first kappa shape index (κ1) is 13.3. The van der Waals surface area contributed by atoms with Crippen molar-refractivity contribution in [3.63, 3.8) is 0 Å². The molecule has 0 unspecified atom stereocenters. The van der Waals surface area contributed by atoms with Crippen LogP contribution in [0.5, 0.6) is 5.75 Å². The average molecular weight is 263 g/mol. The summed E-state index contributed by atoms with van der Waals surface area (Å²) in [7, 11) is 1.62. The Hall–Kier alpha value is -2.10. The van der Waals surface area contributed by atoms with Crippen molar-refractivity contribution in [2.24, 2.45) is 0 Å². The van der Waals surface area contributed by atoms with E-state index < -0.39 is 11.6 Å². The number of hydrogen-bond acceptors (Lipinski definition) is 2. The molecule has 0 spiro atoms. The molecule has 0 heterocycles. The fourth-order valence-corrected chi connectivity index (χ4v) is 1.91. The predicted molar refractivity (Wildman–Crippen MR) is 71.4 cm³/mol. The summed E-state index contributed by atoms with van der Waals surface area (Å²) in [6.07, 6.45) is 0. The molecule has 2 aromatic rings. The highest BCUT2D eigenvalue weighted by Gasteiger charge is 2.02. The molecule has 2 rings (SSSR count). The normalized spacial score (nSPS) is 10.3.